The number of rotatable bonds is 3. The summed E-state index contributed by atoms with van der Waals surface area (Å²) in [5.74, 6) is 1.18. The summed E-state index contributed by atoms with van der Waals surface area (Å²) < 4.78 is 43.4. The summed E-state index contributed by atoms with van der Waals surface area (Å²) in [5.41, 5.74) is -0.122. The van der Waals surface area contributed by atoms with Crippen LogP contribution in [0, 0.1) is 0 Å². The number of alkyl halides is 3. The van der Waals surface area contributed by atoms with E-state index in [4.69, 9.17) is 4.74 Å². The number of benzene rings is 2. The van der Waals surface area contributed by atoms with Gasteiger partial charge in [0.25, 0.3) is 0 Å². The van der Waals surface area contributed by atoms with Gasteiger partial charge in [-0.25, -0.2) is 0 Å². The second kappa shape index (κ2) is 5.55. The molecule has 0 bridgehead atoms. The maximum Gasteiger partial charge on any atom is 0.432 e. The van der Waals surface area contributed by atoms with E-state index in [-0.39, 0.29) is 5.69 Å². The van der Waals surface area contributed by atoms with Crippen LogP contribution >= 0.6 is 0 Å². The van der Waals surface area contributed by atoms with E-state index in [0.717, 1.165) is 6.07 Å². The van der Waals surface area contributed by atoms with Crippen molar-refractivity contribution in [3.05, 3.63) is 66.4 Å². The van der Waals surface area contributed by atoms with E-state index >= 15 is 0 Å². The van der Waals surface area contributed by atoms with Crippen LogP contribution in [-0.4, -0.2) is 10.2 Å². The SMILES string of the molecule is FC(F)(F)c1cc(-c2cccc(Oc3ccccc3)c2)n[nH]1. The Hall–Kier alpha value is -2.76. The normalized spacial score (nSPS) is 11.4. The van der Waals surface area contributed by atoms with Gasteiger partial charge in [-0.2, -0.15) is 18.3 Å². The molecule has 2 aromatic carbocycles. The van der Waals surface area contributed by atoms with Crippen LogP contribution in [0.3, 0.4) is 0 Å². The number of nitrogens with zero attached hydrogens (tertiary/aromatic N) is 1. The number of halogens is 3. The lowest BCUT2D eigenvalue weighted by molar-refractivity contribution is -0.141. The molecule has 1 N–H and O–H groups in total. The highest BCUT2D eigenvalue weighted by Gasteiger charge is 2.33. The zero-order valence-electron chi connectivity index (χ0n) is 11.3. The van der Waals surface area contributed by atoms with Gasteiger partial charge in [0.1, 0.15) is 17.2 Å². The van der Waals surface area contributed by atoms with Gasteiger partial charge < -0.3 is 4.74 Å². The van der Waals surface area contributed by atoms with E-state index in [1.807, 2.05) is 23.3 Å². The lowest BCUT2D eigenvalue weighted by Crippen LogP contribution is -2.04. The van der Waals surface area contributed by atoms with Gasteiger partial charge in [-0.15, -0.1) is 0 Å². The molecular weight excluding hydrogens is 293 g/mol. The molecule has 3 rings (SSSR count). The Morgan fingerprint density at radius 1 is 0.864 bits per heavy atom. The maximum absolute atomic E-state index is 12.6. The number of nitrogens with one attached hydrogen (secondary N) is 1. The van der Waals surface area contributed by atoms with E-state index in [0.29, 0.717) is 17.1 Å². The highest BCUT2D eigenvalue weighted by molar-refractivity contribution is 5.61. The highest BCUT2D eigenvalue weighted by Crippen LogP contribution is 2.31. The molecule has 22 heavy (non-hydrogen) atoms. The average Bonchev–Trinajstić information content (AvgIpc) is 2.99. The Balaban J connectivity index is 1.86. The molecular formula is C16H11F3N2O. The first-order valence-corrected chi connectivity index (χ1v) is 6.48. The van der Waals surface area contributed by atoms with E-state index in [1.165, 1.54) is 0 Å². The Labute approximate surface area is 124 Å². The molecule has 0 fully saturated rings. The van der Waals surface area contributed by atoms with Crippen molar-refractivity contribution in [1.82, 2.24) is 10.2 Å². The van der Waals surface area contributed by atoms with Gasteiger partial charge in [-0.05, 0) is 30.3 Å². The summed E-state index contributed by atoms with van der Waals surface area (Å²) in [4.78, 5) is 0. The van der Waals surface area contributed by atoms with Crippen LogP contribution < -0.4 is 4.74 Å². The summed E-state index contributed by atoms with van der Waals surface area (Å²) in [6.07, 6.45) is -4.44. The molecule has 6 heteroatoms. The summed E-state index contributed by atoms with van der Waals surface area (Å²) in [6.45, 7) is 0. The van der Waals surface area contributed by atoms with Crippen LogP contribution in [0.2, 0.25) is 0 Å². The van der Waals surface area contributed by atoms with Crippen molar-refractivity contribution in [2.24, 2.45) is 0 Å². The number of hydrogen-bond donors (Lipinski definition) is 1. The van der Waals surface area contributed by atoms with Crippen molar-refractivity contribution in [3.8, 4) is 22.8 Å². The molecule has 0 unspecified atom stereocenters. The highest BCUT2D eigenvalue weighted by atomic mass is 19.4. The summed E-state index contributed by atoms with van der Waals surface area (Å²) >= 11 is 0. The zero-order chi connectivity index (χ0) is 15.6. The number of para-hydroxylation sites is 1. The fourth-order valence-corrected chi connectivity index (χ4v) is 1.96. The van der Waals surface area contributed by atoms with Crippen molar-refractivity contribution in [2.75, 3.05) is 0 Å². The number of H-pyrrole nitrogens is 1. The van der Waals surface area contributed by atoms with Gasteiger partial charge in [0, 0.05) is 5.56 Å². The first-order chi connectivity index (χ1) is 10.5. The monoisotopic (exact) mass is 304 g/mol. The molecule has 1 aromatic heterocycles. The van der Waals surface area contributed by atoms with Crippen molar-refractivity contribution in [3.63, 3.8) is 0 Å². The van der Waals surface area contributed by atoms with Gasteiger partial charge in [0.15, 0.2) is 0 Å². The lowest BCUT2D eigenvalue weighted by atomic mass is 10.1. The fourth-order valence-electron chi connectivity index (χ4n) is 1.96. The smallest absolute Gasteiger partial charge is 0.432 e. The Bertz CT molecular complexity index is 766. The standard InChI is InChI=1S/C16H11F3N2O/c17-16(18,19)15-10-14(20-21-15)11-5-4-8-13(9-11)22-12-6-2-1-3-7-12/h1-10H,(H,20,21). The number of aromatic amines is 1. The minimum absolute atomic E-state index is 0.214. The van der Waals surface area contributed by atoms with Crippen LogP contribution in [0.4, 0.5) is 13.2 Å². The summed E-state index contributed by atoms with van der Waals surface area (Å²) in [7, 11) is 0. The molecule has 0 aliphatic heterocycles. The second-order valence-electron chi connectivity index (χ2n) is 4.61. The van der Waals surface area contributed by atoms with E-state index < -0.39 is 11.9 Å². The largest absolute Gasteiger partial charge is 0.457 e. The third kappa shape index (κ3) is 3.11. The summed E-state index contributed by atoms with van der Waals surface area (Å²) in [6, 6.07) is 16.9. The third-order valence-corrected chi connectivity index (χ3v) is 2.99. The average molecular weight is 304 g/mol. The molecule has 0 saturated carbocycles. The molecule has 0 amide bonds. The molecule has 0 radical (unpaired) electrons. The second-order valence-corrected chi connectivity index (χ2v) is 4.61. The Kier molecular flexibility index (Phi) is 3.58. The van der Waals surface area contributed by atoms with Gasteiger partial charge in [-0.1, -0.05) is 30.3 Å². The van der Waals surface area contributed by atoms with Crippen molar-refractivity contribution < 1.29 is 17.9 Å². The quantitative estimate of drug-likeness (QED) is 0.748. The minimum Gasteiger partial charge on any atom is -0.457 e. The topological polar surface area (TPSA) is 37.9 Å². The number of hydrogen-bond acceptors (Lipinski definition) is 2. The van der Waals surface area contributed by atoms with Gasteiger partial charge in [0.05, 0.1) is 5.69 Å². The van der Waals surface area contributed by atoms with Crippen LogP contribution in [0.1, 0.15) is 5.69 Å². The molecule has 0 spiro atoms. The number of aromatic nitrogens is 2. The van der Waals surface area contributed by atoms with Crippen molar-refractivity contribution in [1.29, 1.82) is 0 Å². The minimum atomic E-state index is -4.44. The molecule has 3 nitrogen and oxygen atoms in total. The molecule has 1 heterocycles. The van der Waals surface area contributed by atoms with Crippen LogP contribution in [0.25, 0.3) is 11.3 Å². The lowest BCUT2D eigenvalue weighted by Gasteiger charge is -2.06. The van der Waals surface area contributed by atoms with Crippen molar-refractivity contribution >= 4 is 0 Å². The van der Waals surface area contributed by atoms with Crippen LogP contribution in [0.15, 0.2) is 60.7 Å². The molecule has 0 aliphatic rings. The van der Waals surface area contributed by atoms with Crippen LogP contribution in [0.5, 0.6) is 11.5 Å². The fraction of sp³-hybridized carbons (Fsp3) is 0.0625. The third-order valence-electron chi connectivity index (χ3n) is 2.99. The Morgan fingerprint density at radius 3 is 2.27 bits per heavy atom. The molecule has 0 atom stereocenters. The van der Waals surface area contributed by atoms with Gasteiger partial charge >= 0.3 is 6.18 Å². The van der Waals surface area contributed by atoms with E-state index in [2.05, 4.69) is 5.10 Å². The van der Waals surface area contributed by atoms with Crippen molar-refractivity contribution in [2.45, 2.75) is 6.18 Å². The van der Waals surface area contributed by atoms with Crippen LogP contribution in [-0.2, 0) is 6.18 Å². The molecule has 3 aromatic rings. The molecule has 0 saturated heterocycles. The summed E-state index contributed by atoms with van der Waals surface area (Å²) in [5, 5.41) is 5.70. The van der Waals surface area contributed by atoms with Gasteiger partial charge in [-0.3, -0.25) is 5.10 Å². The maximum atomic E-state index is 12.6. The first kappa shape index (κ1) is 14.2. The van der Waals surface area contributed by atoms with E-state index in [1.54, 1.807) is 36.4 Å². The Morgan fingerprint density at radius 2 is 1.59 bits per heavy atom. The van der Waals surface area contributed by atoms with Gasteiger partial charge in [0.2, 0.25) is 0 Å². The first-order valence-electron chi connectivity index (χ1n) is 6.48. The van der Waals surface area contributed by atoms with E-state index in [9.17, 15) is 13.2 Å². The predicted octanol–water partition coefficient (Wildman–Crippen LogP) is 4.89. The predicted molar refractivity (Wildman–Crippen MR) is 75.5 cm³/mol. The molecule has 112 valence electrons. The molecule has 0 aliphatic carbocycles. The zero-order valence-corrected chi connectivity index (χ0v) is 11.3. The number of ether oxygens (including phenoxy) is 1.